The zero-order valence-corrected chi connectivity index (χ0v) is 24.2. The van der Waals surface area contributed by atoms with Crippen molar-refractivity contribution in [3.8, 4) is 11.5 Å². The molecule has 2 heterocycles. The summed E-state index contributed by atoms with van der Waals surface area (Å²) in [7, 11) is 2.91. The first-order valence-corrected chi connectivity index (χ1v) is 14.1. The maximum atomic E-state index is 14.1. The van der Waals surface area contributed by atoms with E-state index in [4.69, 9.17) is 9.47 Å². The third-order valence-corrected chi connectivity index (χ3v) is 8.22. The van der Waals surface area contributed by atoms with Gasteiger partial charge >= 0.3 is 12.1 Å². The average Bonchev–Trinajstić information content (AvgIpc) is 3.06. The summed E-state index contributed by atoms with van der Waals surface area (Å²) in [6.07, 6.45) is -3.58. The van der Waals surface area contributed by atoms with Gasteiger partial charge in [-0.1, -0.05) is 32.0 Å². The van der Waals surface area contributed by atoms with Crippen molar-refractivity contribution in [2.45, 2.75) is 51.1 Å². The lowest BCUT2D eigenvalue weighted by atomic mass is 9.81. The molecule has 1 saturated heterocycles. The molecular weight excluding hydrogens is 553 g/mol. The minimum Gasteiger partial charge on any atom is -0.493 e. The summed E-state index contributed by atoms with van der Waals surface area (Å²) in [6.45, 7) is 4.07. The quantitative estimate of drug-likeness (QED) is 0.457. The van der Waals surface area contributed by atoms with Crippen LogP contribution in [-0.4, -0.2) is 73.1 Å². The van der Waals surface area contributed by atoms with E-state index in [-0.39, 0.29) is 43.9 Å². The molecule has 8 nitrogen and oxygen atoms in total. The number of methoxy groups -OCH3 is 2. The maximum absolute atomic E-state index is 14.1. The average molecular weight is 591 g/mol. The van der Waals surface area contributed by atoms with Crippen LogP contribution in [0.5, 0.6) is 11.5 Å². The smallest absolute Gasteiger partial charge is 0.416 e. The first-order valence-electron chi connectivity index (χ1n) is 14.1. The number of fused-ring (bicyclic) bond motifs is 1. The normalized spacial score (nSPS) is 19.9. The van der Waals surface area contributed by atoms with Crippen LogP contribution >= 0.6 is 0 Å². The summed E-state index contributed by atoms with van der Waals surface area (Å²) in [5.41, 5.74) is 0.561. The fourth-order valence-electron chi connectivity index (χ4n) is 6.07. The number of likely N-dealkylation sites (tertiary alicyclic amines) is 1. The van der Waals surface area contributed by atoms with Crippen LogP contribution in [0.25, 0.3) is 0 Å². The van der Waals surface area contributed by atoms with Gasteiger partial charge in [0.1, 0.15) is 0 Å². The van der Waals surface area contributed by atoms with E-state index in [9.17, 15) is 32.7 Å². The van der Waals surface area contributed by atoms with Gasteiger partial charge in [-0.3, -0.25) is 14.4 Å². The number of amides is 2. The molecule has 1 N–H and O–H groups in total. The first-order chi connectivity index (χ1) is 19.8. The fourth-order valence-corrected chi connectivity index (χ4v) is 6.07. The number of aliphatic carboxylic acids is 1. The van der Waals surface area contributed by atoms with Gasteiger partial charge in [0.15, 0.2) is 11.5 Å². The summed E-state index contributed by atoms with van der Waals surface area (Å²) in [6, 6.07) is 8.64. The Labute approximate surface area is 243 Å². The second-order valence-electron chi connectivity index (χ2n) is 11.4. The molecule has 2 aromatic rings. The molecule has 228 valence electrons. The third-order valence-electron chi connectivity index (χ3n) is 8.22. The molecule has 0 saturated carbocycles. The van der Waals surface area contributed by atoms with Crippen LogP contribution in [0.2, 0.25) is 0 Å². The largest absolute Gasteiger partial charge is 0.493 e. The number of carbonyl (C=O) groups excluding carboxylic acids is 2. The van der Waals surface area contributed by atoms with Crippen LogP contribution in [0.15, 0.2) is 36.4 Å². The number of carboxylic acid groups (broad SMARTS) is 1. The van der Waals surface area contributed by atoms with Gasteiger partial charge in [-0.2, -0.15) is 13.2 Å². The molecule has 42 heavy (non-hydrogen) atoms. The number of carbonyl (C=O) groups is 3. The zero-order valence-electron chi connectivity index (χ0n) is 24.2. The molecular formula is C31H37F3N2O6. The molecule has 2 atom stereocenters. The standard InChI is InChI=1S/C31H37F3N2O6/c1-18(2)14-24-21-9-8-20(31(32,33)34)15-23(21)25(22-6-5-7-26(41-3)28(22)42-4)16-36(29(24)38)17-27(37)35-12-10-19(11-13-35)30(39)40/h5-9,15,18-19,24-25H,10-14,16-17H2,1-4H3,(H,39,40). The topological polar surface area (TPSA) is 96.4 Å². The number of rotatable bonds is 8. The van der Waals surface area contributed by atoms with Crippen molar-refractivity contribution in [2.24, 2.45) is 11.8 Å². The summed E-state index contributed by atoms with van der Waals surface area (Å²) >= 11 is 0. The highest BCUT2D eigenvalue weighted by Gasteiger charge is 2.41. The van der Waals surface area contributed by atoms with Crippen molar-refractivity contribution in [3.63, 3.8) is 0 Å². The Morgan fingerprint density at radius 1 is 1.02 bits per heavy atom. The van der Waals surface area contributed by atoms with Gasteiger partial charge in [-0.25, -0.2) is 0 Å². The second-order valence-corrected chi connectivity index (χ2v) is 11.4. The zero-order chi connectivity index (χ0) is 30.8. The number of ether oxygens (including phenoxy) is 2. The van der Waals surface area contributed by atoms with Gasteiger partial charge in [0.25, 0.3) is 0 Å². The lowest BCUT2D eigenvalue weighted by Crippen LogP contribution is -2.47. The van der Waals surface area contributed by atoms with Crippen LogP contribution in [0.1, 0.15) is 67.2 Å². The number of alkyl halides is 3. The lowest BCUT2D eigenvalue weighted by Gasteiger charge is -2.33. The summed E-state index contributed by atoms with van der Waals surface area (Å²) in [5, 5.41) is 9.32. The van der Waals surface area contributed by atoms with E-state index in [1.165, 1.54) is 25.2 Å². The number of benzene rings is 2. The fraction of sp³-hybridized carbons (Fsp3) is 0.516. The Morgan fingerprint density at radius 3 is 2.29 bits per heavy atom. The molecule has 2 aliphatic heterocycles. The molecule has 0 bridgehead atoms. The molecule has 0 radical (unpaired) electrons. The Morgan fingerprint density at radius 2 is 1.71 bits per heavy atom. The molecule has 11 heteroatoms. The van der Waals surface area contributed by atoms with Crippen LogP contribution in [0.4, 0.5) is 13.2 Å². The predicted molar refractivity (Wildman–Crippen MR) is 149 cm³/mol. The van der Waals surface area contributed by atoms with E-state index < -0.39 is 35.5 Å². The number of hydrogen-bond acceptors (Lipinski definition) is 5. The number of hydrogen-bond donors (Lipinski definition) is 1. The van der Waals surface area contributed by atoms with Crippen molar-refractivity contribution in [2.75, 3.05) is 40.4 Å². The van der Waals surface area contributed by atoms with Crippen LogP contribution in [-0.2, 0) is 20.6 Å². The van der Waals surface area contributed by atoms with E-state index in [0.29, 0.717) is 47.5 Å². The maximum Gasteiger partial charge on any atom is 0.416 e. The van der Waals surface area contributed by atoms with Gasteiger partial charge in [0.2, 0.25) is 11.8 Å². The van der Waals surface area contributed by atoms with E-state index in [0.717, 1.165) is 12.1 Å². The molecule has 1 fully saturated rings. The SMILES string of the molecule is COc1cccc(C2CN(CC(=O)N3CCC(C(=O)O)CC3)C(=O)C(CC(C)C)c3ccc(C(F)(F)F)cc32)c1OC. The Kier molecular flexibility index (Phi) is 9.37. The predicted octanol–water partition coefficient (Wildman–Crippen LogP) is 5.15. The molecule has 2 aliphatic rings. The number of nitrogens with zero attached hydrogens (tertiary/aromatic N) is 2. The molecule has 0 aromatic heterocycles. The molecule has 2 amide bonds. The number of halogens is 3. The van der Waals surface area contributed by atoms with Gasteiger partial charge in [0, 0.05) is 31.1 Å². The lowest BCUT2D eigenvalue weighted by molar-refractivity contribution is -0.147. The van der Waals surface area contributed by atoms with Crippen molar-refractivity contribution in [1.82, 2.24) is 9.80 Å². The highest BCUT2D eigenvalue weighted by Crippen LogP contribution is 2.45. The Balaban J connectivity index is 1.81. The first kappa shape index (κ1) is 31.2. The Bertz CT molecular complexity index is 1320. The summed E-state index contributed by atoms with van der Waals surface area (Å²) in [5.74, 6) is -2.81. The highest BCUT2D eigenvalue weighted by atomic mass is 19.4. The minimum absolute atomic E-state index is 0.0459. The second kappa shape index (κ2) is 12.6. The van der Waals surface area contributed by atoms with Gasteiger partial charge in [-0.05, 0) is 54.5 Å². The monoisotopic (exact) mass is 590 g/mol. The van der Waals surface area contributed by atoms with E-state index in [2.05, 4.69) is 0 Å². The van der Waals surface area contributed by atoms with Gasteiger partial charge in [0.05, 0.1) is 38.2 Å². The highest BCUT2D eigenvalue weighted by molar-refractivity contribution is 5.90. The molecule has 2 unspecified atom stereocenters. The summed E-state index contributed by atoms with van der Waals surface area (Å²) in [4.78, 5) is 42.0. The minimum atomic E-state index is -4.60. The van der Waals surface area contributed by atoms with E-state index in [1.807, 2.05) is 13.8 Å². The van der Waals surface area contributed by atoms with Gasteiger partial charge in [-0.15, -0.1) is 0 Å². The van der Waals surface area contributed by atoms with Crippen molar-refractivity contribution >= 4 is 17.8 Å². The van der Waals surface area contributed by atoms with E-state index in [1.54, 1.807) is 23.1 Å². The number of carboxylic acids is 1. The molecule has 4 rings (SSSR count). The van der Waals surface area contributed by atoms with E-state index >= 15 is 0 Å². The number of para-hydroxylation sites is 1. The molecule has 0 aliphatic carbocycles. The van der Waals surface area contributed by atoms with Crippen LogP contribution < -0.4 is 9.47 Å². The van der Waals surface area contributed by atoms with Crippen molar-refractivity contribution in [1.29, 1.82) is 0 Å². The number of piperidine rings is 1. The Hall–Kier alpha value is -3.76. The third kappa shape index (κ3) is 6.50. The van der Waals surface area contributed by atoms with Crippen LogP contribution in [0, 0.1) is 11.8 Å². The molecule has 2 aromatic carbocycles. The van der Waals surface area contributed by atoms with Gasteiger partial charge < -0.3 is 24.4 Å². The van der Waals surface area contributed by atoms with Crippen molar-refractivity contribution < 1.29 is 42.1 Å². The molecule has 0 spiro atoms. The van der Waals surface area contributed by atoms with Crippen molar-refractivity contribution in [3.05, 3.63) is 58.7 Å². The summed E-state index contributed by atoms with van der Waals surface area (Å²) < 4.78 is 53.0. The van der Waals surface area contributed by atoms with Crippen LogP contribution in [0.3, 0.4) is 0 Å².